The van der Waals surface area contributed by atoms with Crippen molar-refractivity contribution in [2.45, 2.75) is 32.2 Å². The number of amides is 1. The third-order valence-corrected chi connectivity index (χ3v) is 6.15. The maximum Gasteiger partial charge on any atom is 0.234 e. The first-order valence-corrected chi connectivity index (χ1v) is 11.6. The molecule has 1 heterocycles. The molecule has 0 radical (unpaired) electrons. The zero-order valence-corrected chi connectivity index (χ0v) is 20.2. The van der Waals surface area contributed by atoms with Crippen molar-refractivity contribution in [3.8, 4) is 5.75 Å². The Bertz CT molecular complexity index is 1060. The Balaban J connectivity index is 1.60. The topological polar surface area (TPSA) is 69.0 Å². The van der Waals surface area contributed by atoms with Crippen molar-refractivity contribution in [1.82, 2.24) is 14.8 Å². The highest BCUT2D eigenvalue weighted by atomic mass is 79.9. The molecule has 0 atom stereocenters. The zero-order valence-electron chi connectivity index (χ0n) is 16.3. The number of thioether (sulfide) groups is 1. The monoisotopic (exact) mass is 528 g/mol. The summed E-state index contributed by atoms with van der Waals surface area (Å²) in [7, 11) is 0. The molecular formula is C20H19BrCl2N4O2S. The summed E-state index contributed by atoms with van der Waals surface area (Å²) in [5.41, 5.74) is 1.51. The number of carbonyl (C=O) groups is 1. The summed E-state index contributed by atoms with van der Waals surface area (Å²) < 4.78 is 8.65. The lowest BCUT2D eigenvalue weighted by Gasteiger charge is -2.11. The summed E-state index contributed by atoms with van der Waals surface area (Å²) in [6.45, 7) is 4.85. The van der Waals surface area contributed by atoms with E-state index in [-0.39, 0.29) is 18.3 Å². The number of ether oxygens (including phenoxy) is 1. The van der Waals surface area contributed by atoms with Crippen molar-refractivity contribution < 1.29 is 9.53 Å². The van der Waals surface area contributed by atoms with E-state index >= 15 is 0 Å². The van der Waals surface area contributed by atoms with Gasteiger partial charge >= 0.3 is 0 Å². The number of rotatable bonds is 8. The van der Waals surface area contributed by atoms with E-state index in [1.807, 2.05) is 36.6 Å². The summed E-state index contributed by atoms with van der Waals surface area (Å²) in [6.07, 6.45) is 0. The summed E-state index contributed by atoms with van der Waals surface area (Å²) in [6, 6.07) is 10.8. The van der Waals surface area contributed by atoms with Crippen molar-refractivity contribution in [2.24, 2.45) is 0 Å². The molecular weight excluding hydrogens is 511 g/mol. The number of aryl methyl sites for hydroxylation is 1. The number of carbonyl (C=O) groups excluding carboxylic acids is 1. The lowest BCUT2D eigenvalue weighted by Crippen LogP contribution is -2.15. The van der Waals surface area contributed by atoms with Gasteiger partial charge in [-0.1, -0.05) is 50.9 Å². The molecule has 1 aromatic heterocycles. The summed E-state index contributed by atoms with van der Waals surface area (Å²) in [5.74, 6) is 1.43. The highest BCUT2D eigenvalue weighted by Crippen LogP contribution is 2.27. The van der Waals surface area contributed by atoms with E-state index in [9.17, 15) is 4.79 Å². The predicted molar refractivity (Wildman–Crippen MR) is 125 cm³/mol. The van der Waals surface area contributed by atoms with E-state index in [0.29, 0.717) is 33.3 Å². The smallest absolute Gasteiger partial charge is 0.234 e. The molecule has 0 aliphatic rings. The van der Waals surface area contributed by atoms with Gasteiger partial charge in [0.15, 0.2) is 11.0 Å². The van der Waals surface area contributed by atoms with E-state index in [0.717, 1.165) is 15.8 Å². The van der Waals surface area contributed by atoms with Gasteiger partial charge in [-0.2, -0.15) is 0 Å². The number of nitrogens with zero attached hydrogens (tertiary/aromatic N) is 3. The van der Waals surface area contributed by atoms with Crippen molar-refractivity contribution >= 4 is 62.5 Å². The van der Waals surface area contributed by atoms with Crippen molar-refractivity contribution in [3.63, 3.8) is 0 Å². The van der Waals surface area contributed by atoms with Crippen LogP contribution < -0.4 is 10.1 Å². The van der Waals surface area contributed by atoms with E-state index in [4.69, 9.17) is 27.9 Å². The zero-order chi connectivity index (χ0) is 21.7. The maximum atomic E-state index is 12.3. The molecule has 6 nitrogen and oxygen atoms in total. The fraction of sp³-hybridized carbons (Fsp3) is 0.250. The number of anilines is 1. The number of hydrogen-bond acceptors (Lipinski definition) is 5. The minimum atomic E-state index is -0.176. The molecule has 3 rings (SSSR count). The molecule has 0 aliphatic heterocycles. The molecule has 1 N–H and O–H groups in total. The van der Waals surface area contributed by atoms with Gasteiger partial charge in [-0.15, -0.1) is 10.2 Å². The van der Waals surface area contributed by atoms with Gasteiger partial charge in [0.05, 0.1) is 16.5 Å². The van der Waals surface area contributed by atoms with Crippen molar-refractivity contribution in [2.75, 3.05) is 11.1 Å². The van der Waals surface area contributed by atoms with Gasteiger partial charge in [0, 0.05) is 16.0 Å². The van der Waals surface area contributed by atoms with E-state index in [1.165, 1.54) is 11.8 Å². The number of nitrogens with one attached hydrogen (secondary N) is 1. The van der Waals surface area contributed by atoms with Crippen LogP contribution in [0.2, 0.25) is 10.0 Å². The maximum absolute atomic E-state index is 12.3. The van der Waals surface area contributed by atoms with E-state index in [1.54, 1.807) is 18.2 Å². The molecule has 10 heteroatoms. The normalized spacial score (nSPS) is 10.8. The second-order valence-electron chi connectivity index (χ2n) is 6.30. The van der Waals surface area contributed by atoms with Crippen LogP contribution in [0.4, 0.5) is 5.69 Å². The average molecular weight is 530 g/mol. The first-order valence-electron chi connectivity index (χ1n) is 9.06. The van der Waals surface area contributed by atoms with Crippen LogP contribution in [0, 0.1) is 6.92 Å². The Kier molecular flexibility index (Phi) is 8.05. The van der Waals surface area contributed by atoms with E-state index < -0.39 is 0 Å². The molecule has 0 saturated heterocycles. The van der Waals surface area contributed by atoms with Crippen LogP contribution in [-0.2, 0) is 17.9 Å². The largest absolute Gasteiger partial charge is 0.485 e. The van der Waals surface area contributed by atoms with Crippen LogP contribution in [0.15, 0.2) is 46.0 Å². The molecule has 2 aromatic carbocycles. The summed E-state index contributed by atoms with van der Waals surface area (Å²) in [5, 5.41) is 13.0. The van der Waals surface area contributed by atoms with E-state index in [2.05, 4.69) is 31.4 Å². The standard InChI is InChI=1S/C20H19BrCl2N4O2S/c1-3-27-18(10-29-17-7-5-14(22)8-12(17)2)25-26-20(27)30-11-19(28)24-16-6-4-13(21)9-15(16)23/h4-9H,3,10-11H2,1-2H3,(H,24,28). The second kappa shape index (κ2) is 10.5. The number of hydrogen-bond donors (Lipinski definition) is 1. The third kappa shape index (κ3) is 5.91. The molecule has 30 heavy (non-hydrogen) atoms. The second-order valence-corrected chi connectivity index (χ2v) is 9.00. The third-order valence-electron chi connectivity index (χ3n) is 4.14. The van der Waals surface area contributed by atoms with Gasteiger partial charge in [0.2, 0.25) is 5.91 Å². The molecule has 0 fully saturated rings. The predicted octanol–water partition coefficient (Wildman–Crippen LogP) is 5.99. The first kappa shape index (κ1) is 22.9. The number of aromatic nitrogens is 3. The van der Waals surface area contributed by atoms with Crippen LogP contribution in [0.3, 0.4) is 0 Å². The van der Waals surface area contributed by atoms with Crippen LogP contribution in [0.5, 0.6) is 5.75 Å². The fourth-order valence-corrected chi connectivity index (χ4v) is 4.44. The molecule has 158 valence electrons. The summed E-state index contributed by atoms with van der Waals surface area (Å²) in [4.78, 5) is 12.3. The highest BCUT2D eigenvalue weighted by molar-refractivity contribution is 9.10. The average Bonchev–Trinajstić information content (AvgIpc) is 3.09. The van der Waals surface area contributed by atoms with Gasteiger partial charge in [-0.05, 0) is 55.8 Å². The lowest BCUT2D eigenvalue weighted by molar-refractivity contribution is -0.113. The number of benzene rings is 2. The van der Waals surface area contributed by atoms with Crippen LogP contribution in [0.25, 0.3) is 0 Å². The Morgan fingerprint density at radius 3 is 2.73 bits per heavy atom. The molecule has 0 unspecified atom stereocenters. The first-order chi connectivity index (χ1) is 14.4. The number of halogens is 3. The van der Waals surface area contributed by atoms with Gasteiger partial charge in [-0.25, -0.2) is 0 Å². The van der Waals surface area contributed by atoms with Crippen LogP contribution in [-0.4, -0.2) is 26.4 Å². The van der Waals surface area contributed by atoms with Crippen LogP contribution >= 0.6 is 50.9 Å². The van der Waals surface area contributed by atoms with Gasteiger partial charge < -0.3 is 14.6 Å². The Morgan fingerprint density at radius 2 is 2.03 bits per heavy atom. The van der Waals surface area contributed by atoms with Gasteiger partial charge in [0.25, 0.3) is 0 Å². The summed E-state index contributed by atoms with van der Waals surface area (Å²) >= 11 is 16.8. The molecule has 1 amide bonds. The highest BCUT2D eigenvalue weighted by Gasteiger charge is 2.15. The lowest BCUT2D eigenvalue weighted by atomic mass is 10.2. The SMILES string of the molecule is CCn1c(COc2ccc(Cl)cc2C)nnc1SCC(=O)Nc1ccc(Br)cc1Cl. The van der Waals surface area contributed by atoms with Crippen molar-refractivity contribution in [3.05, 3.63) is 62.3 Å². The van der Waals surface area contributed by atoms with Gasteiger partial charge in [0.1, 0.15) is 12.4 Å². The molecule has 0 bridgehead atoms. The Hall–Kier alpha value is -1.74. The Labute approximate surface area is 197 Å². The molecule has 0 saturated carbocycles. The molecule has 0 aliphatic carbocycles. The molecule has 0 spiro atoms. The minimum absolute atomic E-state index is 0.176. The quantitative estimate of drug-likeness (QED) is 0.363. The fourth-order valence-electron chi connectivity index (χ4n) is 2.67. The van der Waals surface area contributed by atoms with Gasteiger partial charge in [-0.3, -0.25) is 4.79 Å². The molecule has 3 aromatic rings. The van der Waals surface area contributed by atoms with Crippen molar-refractivity contribution in [1.29, 1.82) is 0 Å². The Morgan fingerprint density at radius 1 is 1.23 bits per heavy atom. The minimum Gasteiger partial charge on any atom is -0.485 e. The van der Waals surface area contributed by atoms with Crippen LogP contribution in [0.1, 0.15) is 18.3 Å².